The highest BCUT2D eigenvalue weighted by molar-refractivity contribution is 5.87. The molecule has 0 fully saturated rings. The zero-order valence-corrected chi connectivity index (χ0v) is 32.2. The summed E-state index contributed by atoms with van der Waals surface area (Å²) in [6.07, 6.45) is 16.5. The molecule has 0 radical (unpaired) electrons. The van der Waals surface area contributed by atoms with Gasteiger partial charge in [-0.1, -0.05) is 88.4 Å². The molecule has 8 aromatic rings. The van der Waals surface area contributed by atoms with E-state index in [2.05, 4.69) is 97.7 Å². The number of aromatic nitrogens is 9. The summed E-state index contributed by atoms with van der Waals surface area (Å²) >= 11 is 0. The predicted octanol–water partition coefficient (Wildman–Crippen LogP) is 10.3. The smallest absolute Gasteiger partial charge is 0.198 e. The van der Waals surface area contributed by atoms with E-state index in [0.717, 1.165) is 68.9 Å². The number of allylic oxidation sites excluding steroid dienone is 4. The van der Waals surface area contributed by atoms with E-state index in [4.69, 9.17) is 29.9 Å². The number of anilines is 1. The summed E-state index contributed by atoms with van der Waals surface area (Å²) in [5.41, 5.74) is 8.57. The fourth-order valence-electron chi connectivity index (χ4n) is 7.24. The van der Waals surface area contributed by atoms with Crippen LogP contribution in [0.25, 0.3) is 68.0 Å². The van der Waals surface area contributed by atoms with E-state index >= 15 is 0 Å². The van der Waals surface area contributed by atoms with Crippen LogP contribution < -0.4 is 5.32 Å². The number of benzene rings is 3. The van der Waals surface area contributed by atoms with Crippen molar-refractivity contribution in [3.63, 3.8) is 0 Å². The molecule has 0 saturated carbocycles. The SMILES string of the molecule is CC.CC.Cc1ccnc2nc(-c3cc(-c4nc5c(n4-c4ccccc4)N=CCN5)cc(-c4nc5nccnc5n4-c4ccccc4)c3)n(C3C=CC=CC3)c12. The minimum Gasteiger partial charge on any atom is -0.362 e. The van der Waals surface area contributed by atoms with Crippen LogP contribution in [-0.4, -0.2) is 56.4 Å². The molecule has 2 aliphatic rings. The number of imidazole rings is 3. The average Bonchev–Trinajstić information content (AvgIpc) is 3.99. The van der Waals surface area contributed by atoms with Crippen LogP contribution in [0, 0.1) is 6.92 Å². The van der Waals surface area contributed by atoms with Crippen LogP contribution in [0.15, 0.2) is 133 Å². The fourth-order valence-corrected chi connectivity index (χ4v) is 7.24. The molecule has 3 aromatic carbocycles. The third-order valence-electron chi connectivity index (χ3n) is 9.54. The second-order valence-corrected chi connectivity index (χ2v) is 12.8. The molecule has 278 valence electrons. The van der Waals surface area contributed by atoms with Crippen LogP contribution in [0.5, 0.6) is 0 Å². The number of pyridine rings is 1. The van der Waals surface area contributed by atoms with Crippen molar-refractivity contribution in [2.24, 2.45) is 4.99 Å². The first kappa shape index (κ1) is 36.0. The molecule has 11 nitrogen and oxygen atoms in total. The molecular weight excluding hydrogens is 695 g/mol. The Kier molecular flexibility index (Phi) is 10.1. The molecule has 0 saturated heterocycles. The van der Waals surface area contributed by atoms with E-state index in [1.807, 2.05) is 82.6 Å². The van der Waals surface area contributed by atoms with E-state index in [1.165, 1.54) is 0 Å². The van der Waals surface area contributed by atoms with Crippen LogP contribution in [0.2, 0.25) is 0 Å². The summed E-state index contributed by atoms with van der Waals surface area (Å²) in [6, 6.07) is 28.9. The summed E-state index contributed by atoms with van der Waals surface area (Å²) < 4.78 is 6.49. The highest BCUT2D eigenvalue weighted by Crippen LogP contribution is 2.41. The van der Waals surface area contributed by atoms with Crippen molar-refractivity contribution in [2.75, 3.05) is 11.9 Å². The van der Waals surface area contributed by atoms with Gasteiger partial charge in [-0.3, -0.25) is 9.13 Å². The van der Waals surface area contributed by atoms with Crippen LogP contribution in [-0.2, 0) is 0 Å². The Bertz CT molecular complexity index is 2730. The van der Waals surface area contributed by atoms with Crippen molar-refractivity contribution in [3.8, 4) is 45.5 Å². The highest BCUT2D eigenvalue weighted by atomic mass is 15.2. The van der Waals surface area contributed by atoms with E-state index in [0.29, 0.717) is 29.3 Å². The molecule has 0 spiro atoms. The topological polar surface area (TPSA) is 117 Å². The normalized spacial score (nSPS) is 14.1. The molecule has 1 N–H and O–H groups in total. The molecule has 1 aliphatic carbocycles. The first-order valence-electron chi connectivity index (χ1n) is 19.2. The van der Waals surface area contributed by atoms with E-state index in [9.17, 15) is 0 Å². The third-order valence-corrected chi connectivity index (χ3v) is 9.54. The zero-order valence-electron chi connectivity index (χ0n) is 32.2. The largest absolute Gasteiger partial charge is 0.362 e. The number of nitrogens with one attached hydrogen (secondary N) is 1. The molecule has 6 heterocycles. The quantitative estimate of drug-likeness (QED) is 0.181. The minimum absolute atomic E-state index is 0.0551. The number of hydrogen-bond donors (Lipinski definition) is 1. The van der Waals surface area contributed by atoms with Crippen molar-refractivity contribution >= 4 is 40.3 Å². The van der Waals surface area contributed by atoms with Crippen LogP contribution in [0.3, 0.4) is 0 Å². The lowest BCUT2D eigenvalue weighted by Crippen LogP contribution is -2.10. The number of para-hydroxylation sites is 2. The molecule has 10 rings (SSSR count). The number of nitrogens with zero attached hydrogens (tertiary/aromatic N) is 10. The van der Waals surface area contributed by atoms with Gasteiger partial charge < -0.3 is 9.88 Å². The van der Waals surface area contributed by atoms with Gasteiger partial charge >= 0.3 is 0 Å². The standard InChI is InChI=1S/C41H31N11.2C2H6/c1-26-17-18-42-34-33(26)50(30-11-5-2-6-12-30)37(47-34)27-23-28(38-48-35-40(45-21-19-43-35)51(38)31-13-7-3-8-14-31)25-29(24-27)39-49-36-41(46-22-20-44-36)52(39)32-15-9-4-10-16-32;2*1-2/h2-11,13-19,21-25,30,44H,12,20H2,1H3;2*1-2H3. The van der Waals surface area contributed by atoms with Gasteiger partial charge in [-0.2, -0.15) is 0 Å². The van der Waals surface area contributed by atoms with E-state index in [1.54, 1.807) is 12.4 Å². The van der Waals surface area contributed by atoms with Crippen LogP contribution >= 0.6 is 0 Å². The number of aliphatic imine (C=N–C) groups is 1. The number of aryl methyl sites for hydroxylation is 1. The van der Waals surface area contributed by atoms with Crippen LogP contribution in [0.1, 0.15) is 45.7 Å². The first-order chi connectivity index (χ1) is 27.7. The third kappa shape index (κ3) is 6.36. The Hall–Kier alpha value is -7.01. The summed E-state index contributed by atoms with van der Waals surface area (Å²) in [6.45, 7) is 10.7. The van der Waals surface area contributed by atoms with Gasteiger partial charge in [-0.25, -0.2) is 34.9 Å². The molecule has 1 atom stereocenters. The second-order valence-electron chi connectivity index (χ2n) is 12.8. The maximum atomic E-state index is 5.24. The van der Waals surface area contributed by atoms with Crippen molar-refractivity contribution in [1.29, 1.82) is 0 Å². The van der Waals surface area contributed by atoms with Gasteiger partial charge in [-0.15, -0.1) is 0 Å². The van der Waals surface area contributed by atoms with Crippen LogP contribution in [0.4, 0.5) is 11.6 Å². The summed E-state index contributed by atoms with van der Waals surface area (Å²) in [5, 5.41) is 3.43. The first-order valence-corrected chi connectivity index (χ1v) is 19.2. The fraction of sp³-hybridized carbons (Fsp3) is 0.178. The summed E-state index contributed by atoms with van der Waals surface area (Å²) in [5.74, 6) is 3.72. The van der Waals surface area contributed by atoms with Crippen molar-refractivity contribution in [2.45, 2.75) is 47.1 Å². The van der Waals surface area contributed by atoms with Gasteiger partial charge in [-0.05, 0) is 67.4 Å². The van der Waals surface area contributed by atoms with Crippen molar-refractivity contribution in [3.05, 3.63) is 133 Å². The van der Waals surface area contributed by atoms with E-state index in [-0.39, 0.29) is 6.04 Å². The van der Waals surface area contributed by atoms with Gasteiger partial charge in [0, 0.05) is 52.9 Å². The number of rotatable bonds is 6. The molecule has 56 heavy (non-hydrogen) atoms. The average molecular weight is 738 g/mol. The molecule has 11 heteroatoms. The lowest BCUT2D eigenvalue weighted by Gasteiger charge is -2.20. The Balaban J connectivity index is 0.00000107. The Morgan fingerprint density at radius 2 is 1.27 bits per heavy atom. The lowest BCUT2D eigenvalue weighted by molar-refractivity contribution is 0.630. The molecule has 1 unspecified atom stereocenters. The molecule has 1 aliphatic heterocycles. The van der Waals surface area contributed by atoms with Gasteiger partial charge in [0.05, 0.1) is 18.1 Å². The zero-order chi connectivity index (χ0) is 38.6. The molecular formula is C45H43N11. The molecule has 0 amide bonds. The van der Waals surface area contributed by atoms with Crippen molar-refractivity contribution in [1.82, 2.24) is 43.6 Å². The lowest BCUT2D eigenvalue weighted by atomic mass is 10.0. The monoisotopic (exact) mass is 737 g/mol. The maximum Gasteiger partial charge on any atom is 0.198 e. The van der Waals surface area contributed by atoms with Gasteiger partial charge in [0.15, 0.2) is 28.6 Å². The van der Waals surface area contributed by atoms with Gasteiger partial charge in [0.1, 0.15) is 17.5 Å². The van der Waals surface area contributed by atoms with E-state index < -0.39 is 0 Å². The van der Waals surface area contributed by atoms with Gasteiger partial charge in [0.25, 0.3) is 0 Å². The van der Waals surface area contributed by atoms with Crippen molar-refractivity contribution < 1.29 is 0 Å². The maximum absolute atomic E-state index is 5.24. The number of hydrogen-bond acceptors (Lipinski definition) is 8. The molecule has 5 aromatic heterocycles. The second kappa shape index (κ2) is 15.8. The predicted molar refractivity (Wildman–Crippen MR) is 227 cm³/mol. The summed E-state index contributed by atoms with van der Waals surface area (Å²) in [4.78, 5) is 34.4. The Morgan fingerprint density at radius 3 is 1.96 bits per heavy atom. The Morgan fingerprint density at radius 1 is 0.643 bits per heavy atom. The highest BCUT2D eigenvalue weighted by Gasteiger charge is 2.26. The Labute approximate surface area is 325 Å². The number of fused-ring (bicyclic) bond motifs is 3. The summed E-state index contributed by atoms with van der Waals surface area (Å²) in [7, 11) is 0. The minimum atomic E-state index is 0.0551. The van der Waals surface area contributed by atoms with Gasteiger partial charge in [0.2, 0.25) is 0 Å². The molecule has 0 bridgehead atoms.